The van der Waals surface area contributed by atoms with Crippen LogP contribution >= 0.6 is 0 Å². The smallest absolute Gasteiger partial charge is 0.261 e. The lowest BCUT2D eigenvalue weighted by molar-refractivity contribution is 0.601. The quantitative estimate of drug-likeness (QED) is 0.649. The van der Waals surface area contributed by atoms with Gasteiger partial charge < -0.3 is 10.2 Å². The van der Waals surface area contributed by atoms with Gasteiger partial charge in [0.25, 0.3) is 10.0 Å². The van der Waals surface area contributed by atoms with Crippen molar-refractivity contribution in [3.63, 3.8) is 0 Å². The van der Waals surface area contributed by atoms with Gasteiger partial charge in [-0.25, -0.2) is 13.4 Å². The van der Waals surface area contributed by atoms with Crippen molar-refractivity contribution in [1.82, 2.24) is 4.98 Å². The average molecular weight is 397 g/mol. The summed E-state index contributed by atoms with van der Waals surface area (Å²) in [5, 5.41) is 3.20. The second kappa shape index (κ2) is 7.90. The van der Waals surface area contributed by atoms with Gasteiger partial charge in [-0.1, -0.05) is 6.07 Å². The molecule has 0 saturated heterocycles. The highest BCUT2D eigenvalue weighted by atomic mass is 32.2. The van der Waals surface area contributed by atoms with Crippen LogP contribution in [-0.2, 0) is 10.0 Å². The van der Waals surface area contributed by atoms with Gasteiger partial charge in [-0.05, 0) is 73.5 Å². The molecular formula is C21H24N4O2S. The Morgan fingerprint density at radius 1 is 0.857 bits per heavy atom. The Balaban J connectivity index is 1.70. The number of nitrogens with zero attached hydrogens (tertiary/aromatic N) is 2. The van der Waals surface area contributed by atoms with E-state index in [1.54, 1.807) is 30.3 Å². The van der Waals surface area contributed by atoms with E-state index in [1.807, 2.05) is 57.1 Å². The van der Waals surface area contributed by atoms with E-state index in [-0.39, 0.29) is 4.90 Å². The first-order valence-corrected chi connectivity index (χ1v) is 10.3. The minimum atomic E-state index is -3.65. The summed E-state index contributed by atoms with van der Waals surface area (Å²) in [7, 11) is 0.323. The average Bonchev–Trinajstić information content (AvgIpc) is 2.65. The van der Waals surface area contributed by atoms with Crippen LogP contribution < -0.4 is 14.9 Å². The van der Waals surface area contributed by atoms with Gasteiger partial charge in [-0.2, -0.15) is 0 Å². The molecule has 3 aromatic rings. The molecule has 0 unspecified atom stereocenters. The highest BCUT2D eigenvalue weighted by molar-refractivity contribution is 7.92. The molecule has 28 heavy (non-hydrogen) atoms. The Morgan fingerprint density at radius 3 is 2.11 bits per heavy atom. The number of hydrogen-bond donors (Lipinski definition) is 2. The number of aryl methyl sites for hydroxylation is 2. The molecule has 0 radical (unpaired) electrons. The summed E-state index contributed by atoms with van der Waals surface area (Å²) >= 11 is 0. The van der Waals surface area contributed by atoms with Gasteiger partial charge in [-0.3, -0.25) is 4.72 Å². The Labute approximate surface area is 166 Å². The van der Waals surface area contributed by atoms with Crippen LogP contribution in [0.3, 0.4) is 0 Å². The summed E-state index contributed by atoms with van der Waals surface area (Å²) in [6, 6.07) is 16.4. The summed E-state index contributed by atoms with van der Waals surface area (Å²) in [5.74, 6) is 0.631. The largest absolute Gasteiger partial charge is 0.378 e. The lowest BCUT2D eigenvalue weighted by atomic mass is 10.1. The van der Waals surface area contributed by atoms with E-state index in [2.05, 4.69) is 15.0 Å². The number of aromatic nitrogens is 1. The first-order valence-electron chi connectivity index (χ1n) is 8.85. The molecule has 0 saturated carbocycles. The number of anilines is 4. The van der Waals surface area contributed by atoms with Crippen molar-refractivity contribution >= 4 is 32.9 Å². The van der Waals surface area contributed by atoms with E-state index in [9.17, 15) is 8.42 Å². The van der Waals surface area contributed by atoms with Gasteiger partial charge in [0, 0.05) is 25.5 Å². The van der Waals surface area contributed by atoms with E-state index < -0.39 is 10.0 Å². The predicted octanol–water partition coefficient (Wildman–Crippen LogP) is 4.31. The van der Waals surface area contributed by atoms with Gasteiger partial charge in [0.05, 0.1) is 16.8 Å². The van der Waals surface area contributed by atoms with Crippen molar-refractivity contribution < 1.29 is 8.42 Å². The molecule has 0 fully saturated rings. The number of nitrogens with one attached hydrogen (secondary N) is 2. The molecule has 7 heteroatoms. The molecule has 1 heterocycles. The van der Waals surface area contributed by atoms with Crippen LogP contribution in [0.25, 0.3) is 0 Å². The summed E-state index contributed by atoms with van der Waals surface area (Å²) in [6.07, 6.45) is 1.50. The maximum atomic E-state index is 12.6. The molecule has 146 valence electrons. The summed E-state index contributed by atoms with van der Waals surface area (Å²) in [6.45, 7) is 3.84. The maximum absolute atomic E-state index is 12.6. The molecule has 1 aromatic heterocycles. The molecule has 2 aromatic carbocycles. The van der Waals surface area contributed by atoms with Crippen molar-refractivity contribution in [2.45, 2.75) is 18.7 Å². The number of rotatable bonds is 6. The lowest BCUT2D eigenvalue weighted by Gasteiger charge is -2.13. The van der Waals surface area contributed by atoms with Crippen molar-refractivity contribution in [3.8, 4) is 0 Å². The second-order valence-electron chi connectivity index (χ2n) is 6.85. The highest BCUT2D eigenvalue weighted by Gasteiger charge is 2.15. The SMILES string of the molecule is Cc1ccc(S(=O)(=O)Nc2ccc(Nc3ccc(N(C)C)cc3)nc2)cc1C. The van der Waals surface area contributed by atoms with Crippen LogP contribution in [0, 0.1) is 13.8 Å². The fraction of sp³-hybridized carbons (Fsp3) is 0.190. The van der Waals surface area contributed by atoms with Crippen LogP contribution in [0.2, 0.25) is 0 Å². The number of benzene rings is 2. The molecule has 0 bridgehead atoms. The van der Waals surface area contributed by atoms with Crippen LogP contribution in [0.1, 0.15) is 11.1 Å². The van der Waals surface area contributed by atoms with Crippen LogP contribution in [-0.4, -0.2) is 27.5 Å². The zero-order valence-corrected chi connectivity index (χ0v) is 17.2. The van der Waals surface area contributed by atoms with Gasteiger partial charge in [0.15, 0.2) is 0 Å². The third-order valence-corrected chi connectivity index (χ3v) is 5.84. The van der Waals surface area contributed by atoms with Gasteiger partial charge in [0.2, 0.25) is 0 Å². The van der Waals surface area contributed by atoms with E-state index in [0.29, 0.717) is 11.5 Å². The molecule has 6 nitrogen and oxygen atoms in total. The summed E-state index contributed by atoms with van der Waals surface area (Å²) in [4.78, 5) is 6.55. The summed E-state index contributed by atoms with van der Waals surface area (Å²) < 4.78 is 27.7. The van der Waals surface area contributed by atoms with E-state index in [0.717, 1.165) is 22.5 Å². The Hall–Kier alpha value is -3.06. The molecule has 0 aliphatic rings. The first kappa shape index (κ1) is 19.7. The van der Waals surface area contributed by atoms with Gasteiger partial charge in [-0.15, -0.1) is 0 Å². The zero-order valence-electron chi connectivity index (χ0n) is 16.4. The minimum absolute atomic E-state index is 0.235. The molecule has 3 rings (SSSR count). The summed E-state index contributed by atoms with van der Waals surface area (Å²) in [5.41, 5.74) is 4.40. The molecule has 0 aliphatic heterocycles. The van der Waals surface area contributed by atoms with E-state index in [1.165, 1.54) is 6.20 Å². The van der Waals surface area contributed by atoms with Crippen molar-refractivity contribution in [3.05, 3.63) is 71.9 Å². The van der Waals surface area contributed by atoms with Crippen molar-refractivity contribution in [1.29, 1.82) is 0 Å². The van der Waals surface area contributed by atoms with Crippen molar-refractivity contribution in [2.24, 2.45) is 0 Å². The van der Waals surface area contributed by atoms with E-state index in [4.69, 9.17) is 0 Å². The first-order chi connectivity index (χ1) is 13.2. The zero-order chi connectivity index (χ0) is 20.3. The molecule has 0 spiro atoms. The second-order valence-corrected chi connectivity index (χ2v) is 8.53. The Bertz CT molecular complexity index is 1060. The number of sulfonamides is 1. The normalized spacial score (nSPS) is 11.1. The third-order valence-electron chi connectivity index (χ3n) is 4.46. The molecule has 2 N–H and O–H groups in total. The van der Waals surface area contributed by atoms with Crippen LogP contribution in [0.4, 0.5) is 22.9 Å². The molecule has 0 atom stereocenters. The monoisotopic (exact) mass is 396 g/mol. The van der Waals surface area contributed by atoms with Crippen LogP contribution in [0.5, 0.6) is 0 Å². The predicted molar refractivity (Wildman–Crippen MR) is 115 cm³/mol. The van der Waals surface area contributed by atoms with E-state index >= 15 is 0 Å². The number of pyridine rings is 1. The number of hydrogen-bond acceptors (Lipinski definition) is 5. The van der Waals surface area contributed by atoms with Crippen molar-refractivity contribution in [2.75, 3.05) is 29.0 Å². The Kier molecular flexibility index (Phi) is 5.56. The standard InChI is InChI=1S/C21H24N4O2S/c1-15-5-11-20(13-16(15)2)28(26,27)24-18-8-12-21(22-14-18)23-17-6-9-19(10-7-17)25(3)4/h5-14,24H,1-4H3,(H,22,23). The fourth-order valence-corrected chi connectivity index (χ4v) is 3.74. The van der Waals surface area contributed by atoms with Gasteiger partial charge >= 0.3 is 0 Å². The topological polar surface area (TPSA) is 74.3 Å². The fourth-order valence-electron chi connectivity index (χ4n) is 2.61. The minimum Gasteiger partial charge on any atom is -0.378 e. The molecule has 0 amide bonds. The van der Waals surface area contributed by atoms with Gasteiger partial charge in [0.1, 0.15) is 5.82 Å². The lowest BCUT2D eigenvalue weighted by Crippen LogP contribution is -2.13. The maximum Gasteiger partial charge on any atom is 0.261 e. The van der Waals surface area contributed by atoms with Crippen LogP contribution in [0.15, 0.2) is 65.7 Å². The molecular weight excluding hydrogens is 372 g/mol. The molecule has 0 aliphatic carbocycles. The highest BCUT2D eigenvalue weighted by Crippen LogP contribution is 2.22. The Morgan fingerprint density at radius 2 is 1.54 bits per heavy atom. The third kappa shape index (κ3) is 4.61.